The number of unbranched alkanes of at least 4 members (excludes halogenated alkanes) is 1. The van der Waals surface area contributed by atoms with Gasteiger partial charge in [-0.3, -0.25) is 4.72 Å². The van der Waals surface area contributed by atoms with Crippen LogP contribution in [0.2, 0.25) is 0 Å². The Morgan fingerprint density at radius 2 is 1.83 bits per heavy atom. The fourth-order valence-corrected chi connectivity index (χ4v) is 4.16. The van der Waals surface area contributed by atoms with Gasteiger partial charge in [-0.2, -0.15) is 13.1 Å². The second kappa shape index (κ2) is 11.5. The molecule has 35 heavy (non-hydrogen) atoms. The summed E-state index contributed by atoms with van der Waals surface area (Å²) in [6.45, 7) is 2.60. The van der Waals surface area contributed by atoms with Crippen LogP contribution >= 0.6 is 15.9 Å². The average molecular weight is 567 g/mol. The van der Waals surface area contributed by atoms with Gasteiger partial charge in [-0.15, -0.1) is 0 Å². The Hall–Kier alpha value is -3.23. The molecular weight excluding hydrogens is 544 g/mol. The van der Waals surface area contributed by atoms with Crippen molar-refractivity contribution in [1.29, 1.82) is 0 Å². The zero-order chi connectivity index (χ0) is 24.7. The average Bonchev–Trinajstić information content (AvgIpc) is 3.31. The molecule has 0 radical (unpaired) electrons. The first kappa shape index (κ1) is 24.9. The molecule has 0 saturated carbocycles. The molecular formula is C21H23BrN6O6S. The van der Waals surface area contributed by atoms with Gasteiger partial charge in [0.1, 0.15) is 19.5 Å². The summed E-state index contributed by atoms with van der Waals surface area (Å²) in [5, 5.41) is 0. The molecule has 0 aliphatic carbocycles. The van der Waals surface area contributed by atoms with E-state index in [0.29, 0.717) is 35.6 Å². The SMILES string of the molecule is CCCCNS(=O)(=O)Nc1ncnc(OCCOc2ncc(Br)cn2)c1-c1ccc2c(c1)OCO2. The second-order valence-electron chi connectivity index (χ2n) is 7.20. The summed E-state index contributed by atoms with van der Waals surface area (Å²) in [5.74, 6) is 1.31. The van der Waals surface area contributed by atoms with Crippen LogP contribution in [0.15, 0.2) is 41.4 Å². The van der Waals surface area contributed by atoms with E-state index in [1.165, 1.54) is 6.33 Å². The number of halogens is 1. The van der Waals surface area contributed by atoms with Crippen molar-refractivity contribution in [3.05, 3.63) is 41.4 Å². The number of fused-ring (bicyclic) bond motifs is 1. The second-order valence-corrected chi connectivity index (χ2v) is 9.62. The molecule has 0 amide bonds. The Bertz CT molecular complexity index is 1260. The number of benzene rings is 1. The van der Waals surface area contributed by atoms with Gasteiger partial charge in [0.15, 0.2) is 17.3 Å². The summed E-state index contributed by atoms with van der Waals surface area (Å²) in [7, 11) is -3.88. The minimum absolute atomic E-state index is 0.0509. The highest BCUT2D eigenvalue weighted by Gasteiger charge is 2.22. The Kier molecular flexibility index (Phi) is 8.15. The first-order chi connectivity index (χ1) is 16.9. The highest BCUT2D eigenvalue weighted by molar-refractivity contribution is 9.10. The number of nitrogens with zero attached hydrogens (tertiary/aromatic N) is 4. The number of anilines is 1. The van der Waals surface area contributed by atoms with Crippen LogP contribution in [0.4, 0.5) is 5.82 Å². The molecule has 2 N–H and O–H groups in total. The Morgan fingerprint density at radius 1 is 1.06 bits per heavy atom. The fourth-order valence-electron chi connectivity index (χ4n) is 3.06. The molecule has 1 aliphatic heterocycles. The summed E-state index contributed by atoms with van der Waals surface area (Å²) in [5.41, 5.74) is 0.917. The van der Waals surface area contributed by atoms with E-state index in [2.05, 4.69) is 45.3 Å². The lowest BCUT2D eigenvalue weighted by molar-refractivity contribution is 0.174. The van der Waals surface area contributed by atoms with Gasteiger partial charge in [0.25, 0.3) is 10.2 Å². The zero-order valence-corrected chi connectivity index (χ0v) is 21.1. The van der Waals surface area contributed by atoms with E-state index in [9.17, 15) is 8.42 Å². The van der Waals surface area contributed by atoms with Gasteiger partial charge in [0.2, 0.25) is 12.7 Å². The van der Waals surface area contributed by atoms with Gasteiger partial charge in [0, 0.05) is 18.9 Å². The van der Waals surface area contributed by atoms with E-state index >= 15 is 0 Å². The Balaban J connectivity index is 1.56. The van der Waals surface area contributed by atoms with Crippen LogP contribution in [0.5, 0.6) is 23.4 Å². The predicted octanol–water partition coefficient (Wildman–Crippen LogP) is 2.93. The Morgan fingerprint density at radius 3 is 2.63 bits per heavy atom. The maximum atomic E-state index is 12.6. The third-order valence-electron chi connectivity index (χ3n) is 4.68. The van der Waals surface area contributed by atoms with Crippen LogP contribution in [0.1, 0.15) is 19.8 Å². The van der Waals surface area contributed by atoms with Crippen LogP contribution in [0.25, 0.3) is 11.1 Å². The lowest BCUT2D eigenvalue weighted by atomic mass is 10.1. The van der Waals surface area contributed by atoms with Gasteiger partial charge < -0.3 is 18.9 Å². The van der Waals surface area contributed by atoms with Crippen molar-refractivity contribution >= 4 is 32.0 Å². The van der Waals surface area contributed by atoms with Crippen molar-refractivity contribution in [3.8, 4) is 34.5 Å². The number of ether oxygens (including phenoxy) is 4. The number of hydrogen-bond acceptors (Lipinski definition) is 10. The number of aromatic nitrogens is 4. The van der Waals surface area contributed by atoms with Gasteiger partial charge in [0.05, 0.1) is 10.0 Å². The molecule has 0 bridgehead atoms. The van der Waals surface area contributed by atoms with Crippen LogP contribution < -0.4 is 28.4 Å². The van der Waals surface area contributed by atoms with Crippen LogP contribution in [0, 0.1) is 0 Å². The van der Waals surface area contributed by atoms with Crippen LogP contribution in [-0.4, -0.2) is 54.9 Å². The third-order valence-corrected chi connectivity index (χ3v) is 6.13. The Labute approximate surface area is 210 Å². The first-order valence-corrected chi connectivity index (χ1v) is 13.0. The topological polar surface area (TPSA) is 147 Å². The molecule has 4 rings (SSSR count). The largest absolute Gasteiger partial charge is 0.473 e. The molecule has 3 aromatic rings. The van der Waals surface area contributed by atoms with Crippen molar-refractivity contribution in [2.24, 2.45) is 0 Å². The van der Waals surface area contributed by atoms with Crippen molar-refractivity contribution in [1.82, 2.24) is 24.7 Å². The molecule has 0 spiro atoms. The zero-order valence-electron chi connectivity index (χ0n) is 18.7. The number of rotatable bonds is 12. The standard InChI is InChI=1S/C21H23BrN6O6S/c1-2-3-6-27-35(29,30)28-19-18(14-4-5-16-17(9-14)34-13-33-16)20(26-12-25-19)31-7-8-32-21-23-10-15(22)11-24-21/h4-5,9-12,27H,2-3,6-8,13H2,1H3,(H,25,26,28). The summed E-state index contributed by atoms with van der Waals surface area (Å²) in [6, 6.07) is 5.37. The normalized spacial score (nSPS) is 12.4. The summed E-state index contributed by atoms with van der Waals surface area (Å²) in [6.07, 6.45) is 5.91. The van der Waals surface area contributed by atoms with E-state index < -0.39 is 10.2 Å². The molecule has 1 aliphatic rings. The maximum Gasteiger partial charge on any atom is 0.316 e. The summed E-state index contributed by atoms with van der Waals surface area (Å²) in [4.78, 5) is 16.4. The fraction of sp³-hybridized carbons (Fsp3) is 0.333. The smallest absolute Gasteiger partial charge is 0.316 e. The molecule has 186 valence electrons. The van der Waals surface area contributed by atoms with Crippen molar-refractivity contribution in [2.45, 2.75) is 19.8 Å². The number of nitrogens with one attached hydrogen (secondary N) is 2. The van der Waals surface area contributed by atoms with E-state index in [1.807, 2.05) is 6.92 Å². The van der Waals surface area contributed by atoms with E-state index in [1.54, 1.807) is 30.6 Å². The van der Waals surface area contributed by atoms with E-state index in [4.69, 9.17) is 18.9 Å². The van der Waals surface area contributed by atoms with Crippen molar-refractivity contribution in [3.63, 3.8) is 0 Å². The molecule has 2 aromatic heterocycles. The molecule has 0 unspecified atom stereocenters. The lowest BCUT2D eigenvalue weighted by Crippen LogP contribution is -2.31. The molecule has 3 heterocycles. The van der Waals surface area contributed by atoms with Gasteiger partial charge in [-0.25, -0.2) is 19.9 Å². The monoisotopic (exact) mass is 566 g/mol. The first-order valence-electron chi connectivity index (χ1n) is 10.7. The highest BCUT2D eigenvalue weighted by atomic mass is 79.9. The number of hydrogen-bond donors (Lipinski definition) is 2. The third kappa shape index (κ3) is 6.68. The van der Waals surface area contributed by atoms with Crippen molar-refractivity contribution in [2.75, 3.05) is 31.3 Å². The quantitative estimate of drug-likeness (QED) is 0.313. The van der Waals surface area contributed by atoms with E-state index in [-0.39, 0.29) is 37.7 Å². The molecule has 0 saturated heterocycles. The predicted molar refractivity (Wildman–Crippen MR) is 130 cm³/mol. The van der Waals surface area contributed by atoms with Gasteiger partial charge in [-0.05, 0) is 40.0 Å². The minimum Gasteiger partial charge on any atom is -0.473 e. The molecule has 1 aromatic carbocycles. The molecule has 0 fully saturated rings. The van der Waals surface area contributed by atoms with Gasteiger partial charge in [-0.1, -0.05) is 19.4 Å². The van der Waals surface area contributed by atoms with Crippen LogP contribution in [0.3, 0.4) is 0 Å². The van der Waals surface area contributed by atoms with E-state index in [0.717, 1.165) is 10.9 Å². The summed E-state index contributed by atoms with van der Waals surface area (Å²) >= 11 is 3.26. The molecule has 0 atom stereocenters. The summed E-state index contributed by atoms with van der Waals surface area (Å²) < 4.78 is 53.1. The van der Waals surface area contributed by atoms with Gasteiger partial charge >= 0.3 is 6.01 Å². The minimum atomic E-state index is -3.88. The molecule has 12 nitrogen and oxygen atoms in total. The van der Waals surface area contributed by atoms with Crippen molar-refractivity contribution < 1.29 is 27.4 Å². The maximum absolute atomic E-state index is 12.6. The highest BCUT2D eigenvalue weighted by Crippen LogP contribution is 2.40. The lowest BCUT2D eigenvalue weighted by Gasteiger charge is -2.16. The van der Waals surface area contributed by atoms with Crippen LogP contribution in [-0.2, 0) is 10.2 Å². The molecule has 14 heteroatoms.